The van der Waals surface area contributed by atoms with Crippen LogP contribution >= 0.6 is 11.8 Å². The normalized spacial score (nSPS) is 10.8. The lowest BCUT2D eigenvalue weighted by Crippen LogP contribution is -1.93. The lowest BCUT2D eigenvalue weighted by Gasteiger charge is -1.97. The summed E-state index contributed by atoms with van der Waals surface area (Å²) >= 11 is 1.53. The molecule has 96 valence electrons. The van der Waals surface area contributed by atoms with Gasteiger partial charge in [0.15, 0.2) is 0 Å². The molecule has 0 unspecified atom stereocenters. The van der Waals surface area contributed by atoms with E-state index in [-0.39, 0.29) is 0 Å². The highest BCUT2D eigenvalue weighted by Gasteiger charge is 2.06. The Balaban J connectivity index is 1.68. The molecule has 2 aromatic heterocycles. The van der Waals surface area contributed by atoms with Gasteiger partial charge in [-0.05, 0) is 19.1 Å². The Morgan fingerprint density at radius 1 is 1.26 bits per heavy atom. The second kappa shape index (κ2) is 5.27. The number of benzene rings is 1. The summed E-state index contributed by atoms with van der Waals surface area (Å²) < 4.78 is 6.90. The quantitative estimate of drug-likeness (QED) is 0.683. The van der Waals surface area contributed by atoms with E-state index in [2.05, 4.69) is 15.2 Å². The molecule has 0 saturated heterocycles. The summed E-state index contributed by atoms with van der Waals surface area (Å²) in [4.78, 5) is 4.27. The van der Waals surface area contributed by atoms with Crippen LogP contribution in [-0.4, -0.2) is 19.9 Å². The topological polar surface area (TPSA) is 56.7 Å². The smallest absolute Gasteiger partial charge is 0.209 e. The zero-order chi connectivity index (χ0) is 13.1. The van der Waals surface area contributed by atoms with E-state index in [4.69, 9.17) is 4.52 Å². The van der Waals surface area contributed by atoms with Crippen molar-refractivity contribution in [1.82, 2.24) is 19.9 Å². The Kier molecular flexibility index (Phi) is 3.33. The lowest BCUT2D eigenvalue weighted by atomic mass is 10.3. The Morgan fingerprint density at radius 3 is 2.84 bits per heavy atom. The second-order valence-electron chi connectivity index (χ2n) is 4.03. The molecule has 0 atom stereocenters. The monoisotopic (exact) mass is 272 g/mol. The molecule has 0 N–H and O–H groups in total. The molecular weight excluding hydrogens is 260 g/mol. The fraction of sp³-hybridized carbons (Fsp3) is 0.154. The number of hydrogen-bond acceptors (Lipinski definition) is 5. The van der Waals surface area contributed by atoms with Crippen LogP contribution in [0.4, 0.5) is 0 Å². The molecule has 1 aromatic carbocycles. The van der Waals surface area contributed by atoms with Crippen LogP contribution in [0.15, 0.2) is 52.4 Å². The highest BCUT2D eigenvalue weighted by molar-refractivity contribution is 7.98. The van der Waals surface area contributed by atoms with E-state index < -0.39 is 0 Å². The van der Waals surface area contributed by atoms with Gasteiger partial charge in [0.2, 0.25) is 5.16 Å². The van der Waals surface area contributed by atoms with Crippen LogP contribution in [0.2, 0.25) is 0 Å². The lowest BCUT2D eigenvalue weighted by molar-refractivity contribution is 0.391. The maximum Gasteiger partial charge on any atom is 0.209 e. The van der Waals surface area contributed by atoms with Crippen LogP contribution in [-0.2, 0) is 5.75 Å². The first kappa shape index (κ1) is 12.0. The van der Waals surface area contributed by atoms with Gasteiger partial charge in [0.25, 0.3) is 0 Å². The summed E-state index contributed by atoms with van der Waals surface area (Å²) in [6.07, 6.45) is 1.71. The Labute approximate surface area is 114 Å². The predicted molar refractivity (Wildman–Crippen MR) is 72.2 cm³/mol. The van der Waals surface area contributed by atoms with Gasteiger partial charge in [0.05, 0.1) is 17.1 Å². The fourth-order valence-electron chi connectivity index (χ4n) is 1.64. The zero-order valence-corrected chi connectivity index (χ0v) is 11.2. The SMILES string of the molecule is Cc1cc(CSc2ncn(-c3ccccc3)n2)on1. The summed E-state index contributed by atoms with van der Waals surface area (Å²) in [5.74, 6) is 1.51. The number of para-hydroxylation sites is 1. The summed E-state index contributed by atoms with van der Waals surface area (Å²) in [7, 11) is 0. The molecule has 0 bridgehead atoms. The standard InChI is InChI=1S/C13H12N4OS/c1-10-7-12(18-16-10)8-19-13-14-9-17(15-13)11-5-3-2-4-6-11/h2-7,9H,8H2,1H3. The molecule has 19 heavy (non-hydrogen) atoms. The van der Waals surface area contributed by atoms with E-state index in [9.17, 15) is 0 Å². The van der Waals surface area contributed by atoms with Gasteiger partial charge >= 0.3 is 0 Å². The molecule has 5 nitrogen and oxygen atoms in total. The van der Waals surface area contributed by atoms with Gasteiger partial charge in [-0.2, -0.15) is 0 Å². The van der Waals surface area contributed by atoms with Crippen molar-refractivity contribution in [1.29, 1.82) is 0 Å². The molecule has 0 radical (unpaired) electrons. The highest BCUT2D eigenvalue weighted by Crippen LogP contribution is 2.20. The van der Waals surface area contributed by atoms with Crippen molar-refractivity contribution in [3.8, 4) is 5.69 Å². The third kappa shape index (κ3) is 2.85. The van der Waals surface area contributed by atoms with Gasteiger partial charge in [-0.3, -0.25) is 0 Å². The highest BCUT2D eigenvalue weighted by atomic mass is 32.2. The van der Waals surface area contributed by atoms with Gasteiger partial charge in [0, 0.05) is 6.07 Å². The van der Waals surface area contributed by atoms with Gasteiger partial charge in [0.1, 0.15) is 12.1 Å². The first-order chi connectivity index (χ1) is 9.31. The van der Waals surface area contributed by atoms with Crippen LogP contribution < -0.4 is 0 Å². The molecule has 0 saturated carbocycles. The molecule has 0 aliphatic carbocycles. The summed E-state index contributed by atoms with van der Waals surface area (Å²) in [6.45, 7) is 1.90. The number of nitrogens with zero attached hydrogens (tertiary/aromatic N) is 4. The van der Waals surface area contributed by atoms with Crippen molar-refractivity contribution in [3.63, 3.8) is 0 Å². The van der Waals surface area contributed by atoms with E-state index >= 15 is 0 Å². The maximum absolute atomic E-state index is 5.14. The van der Waals surface area contributed by atoms with Crippen LogP contribution in [0.25, 0.3) is 5.69 Å². The second-order valence-corrected chi connectivity index (χ2v) is 4.97. The first-order valence-corrected chi connectivity index (χ1v) is 6.82. The van der Waals surface area contributed by atoms with Crippen LogP contribution in [0, 0.1) is 6.92 Å². The fourth-order valence-corrected chi connectivity index (χ4v) is 2.31. The van der Waals surface area contributed by atoms with Crippen molar-refractivity contribution in [2.45, 2.75) is 17.8 Å². The molecular formula is C13H12N4OS. The number of aromatic nitrogens is 4. The van der Waals surface area contributed by atoms with Crippen LogP contribution in [0.5, 0.6) is 0 Å². The minimum Gasteiger partial charge on any atom is -0.360 e. The van der Waals surface area contributed by atoms with Gasteiger partial charge < -0.3 is 4.52 Å². The number of aryl methyl sites for hydroxylation is 1. The van der Waals surface area contributed by atoms with E-state index in [1.165, 1.54) is 11.8 Å². The summed E-state index contributed by atoms with van der Waals surface area (Å²) in [6, 6.07) is 11.8. The number of rotatable bonds is 4. The van der Waals surface area contributed by atoms with Crippen molar-refractivity contribution < 1.29 is 4.52 Å². The van der Waals surface area contributed by atoms with Crippen LogP contribution in [0.3, 0.4) is 0 Å². The van der Waals surface area contributed by atoms with Gasteiger partial charge in [-0.1, -0.05) is 35.1 Å². The van der Waals surface area contributed by atoms with Crippen molar-refractivity contribution in [2.75, 3.05) is 0 Å². The Bertz CT molecular complexity index is 662. The summed E-state index contributed by atoms with van der Waals surface area (Å²) in [5, 5.41) is 8.98. The molecule has 0 aliphatic heterocycles. The molecule has 0 amide bonds. The Morgan fingerprint density at radius 2 is 2.11 bits per heavy atom. The van der Waals surface area contributed by atoms with Crippen LogP contribution in [0.1, 0.15) is 11.5 Å². The zero-order valence-electron chi connectivity index (χ0n) is 10.4. The molecule has 2 heterocycles. The number of thioether (sulfide) groups is 1. The van der Waals surface area contributed by atoms with E-state index in [0.717, 1.165) is 22.3 Å². The van der Waals surface area contributed by atoms with Gasteiger partial charge in [-0.15, -0.1) is 5.10 Å². The molecule has 0 aliphatic rings. The molecule has 3 aromatic rings. The molecule has 6 heteroatoms. The maximum atomic E-state index is 5.14. The minimum absolute atomic E-state index is 0.680. The third-order valence-corrected chi connectivity index (χ3v) is 3.39. The van der Waals surface area contributed by atoms with Crippen molar-refractivity contribution >= 4 is 11.8 Å². The molecule has 0 spiro atoms. The average Bonchev–Trinajstić information content (AvgIpc) is 3.06. The predicted octanol–water partition coefficient (Wildman–Crippen LogP) is 2.86. The third-order valence-electron chi connectivity index (χ3n) is 2.51. The van der Waals surface area contributed by atoms with E-state index in [0.29, 0.717) is 5.75 Å². The van der Waals surface area contributed by atoms with E-state index in [1.807, 2.05) is 43.3 Å². The summed E-state index contributed by atoms with van der Waals surface area (Å²) in [5.41, 5.74) is 1.88. The van der Waals surface area contributed by atoms with E-state index in [1.54, 1.807) is 11.0 Å². The first-order valence-electron chi connectivity index (χ1n) is 5.83. The average molecular weight is 272 g/mol. The van der Waals surface area contributed by atoms with Crippen molar-refractivity contribution in [3.05, 3.63) is 54.2 Å². The largest absolute Gasteiger partial charge is 0.360 e. The minimum atomic E-state index is 0.680. The molecule has 3 rings (SSSR count). The van der Waals surface area contributed by atoms with Gasteiger partial charge in [-0.25, -0.2) is 9.67 Å². The number of hydrogen-bond donors (Lipinski definition) is 0. The molecule has 0 fully saturated rings. The Hall–Kier alpha value is -2.08. The van der Waals surface area contributed by atoms with Crippen molar-refractivity contribution in [2.24, 2.45) is 0 Å².